The van der Waals surface area contributed by atoms with Crippen LogP contribution in [0.25, 0.3) is 0 Å². The molecule has 0 aliphatic carbocycles. The van der Waals surface area contributed by atoms with Crippen molar-refractivity contribution in [2.75, 3.05) is 13.7 Å². The molecule has 2 aromatic carbocycles. The molecule has 0 saturated carbocycles. The lowest BCUT2D eigenvalue weighted by molar-refractivity contribution is -0.484. The van der Waals surface area contributed by atoms with E-state index < -0.39 is 28.7 Å². The van der Waals surface area contributed by atoms with Gasteiger partial charge in [-0.15, -0.1) is 0 Å². The first-order valence-corrected chi connectivity index (χ1v) is 7.99. The zero-order valence-electron chi connectivity index (χ0n) is 12.9. The molecule has 2 unspecified atom stereocenters. The Morgan fingerprint density at radius 3 is 2.38 bits per heavy atom. The highest BCUT2D eigenvalue weighted by Crippen LogP contribution is 2.30. The van der Waals surface area contributed by atoms with Gasteiger partial charge in [0.25, 0.3) is 0 Å². The number of ether oxygens (including phenoxy) is 1. The fraction of sp³-hybridized carbons (Fsp3) is 0.235. The molecule has 0 saturated heterocycles. The highest BCUT2D eigenvalue weighted by molar-refractivity contribution is 8.13. The molecule has 0 fully saturated rings. The van der Waals surface area contributed by atoms with Crippen LogP contribution in [0.4, 0.5) is 4.39 Å². The Labute approximate surface area is 143 Å². The quantitative estimate of drug-likeness (QED) is 0.433. The Kier molecular flexibility index (Phi) is 6.31. The summed E-state index contributed by atoms with van der Waals surface area (Å²) in [6.07, 6.45) is -1.97. The van der Waals surface area contributed by atoms with E-state index >= 15 is 0 Å². The standard InChI is InChI=1S/C17H16FNO4S/c1-23-13-7-9-14(10-8-13)24-17(20)16(18)15(11-19(21)22)12-5-3-2-4-6-12/h2-10,15-16H,11H2,1H3. The number of methoxy groups -OCH3 is 1. The summed E-state index contributed by atoms with van der Waals surface area (Å²) in [6, 6.07) is 14.8. The fourth-order valence-corrected chi connectivity index (χ4v) is 2.99. The van der Waals surface area contributed by atoms with E-state index in [1.807, 2.05) is 0 Å². The highest BCUT2D eigenvalue weighted by atomic mass is 32.2. The molecule has 2 aromatic rings. The van der Waals surface area contributed by atoms with E-state index in [9.17, 15) is 19.3 Å². The van der Waals surface area contributed by atoms with Crippen molar-refractivity contribution in [2.45, 2.75) is 17.0 Å². The van der Waals surface area contributed by atoms with Gasteiger partial charge in [0.15, 0.2) is 6.17 Å². The molecule has 5 nitrogen and oxygen atoms in total. The summed E-state index contributed by atoms with van der Waals surface area (Å²) in [6.45, 7) is -0.639. The summed E-state index contributed by atoms with van der Waals surface area (Å²) in [4.78, 5) is 23.0. The lowest BCUT2D eigenvalue weighted by Crippen LogP contribution is -2.27. The van der Waals surface area contributed by atoms with Gasteiger partial charge in [0, 0.05) is 9.82 Å². The summed E-state index contributed by atoms with van der Waals surface area (Å²) in [5.41, 5.74) is 0.436. The van der Waals surface area contributed by atoms with Crippen LogP contribution in [0, 0.1) is 10.1 Å². The first-order valence-electron chi connectivity index (χ1n) is 7.18. The number of rotatable bonds is 7. The monoisotopic (exact) mass is 349 g/mol. The number of alkyl halides is 1. The van der Waals surface area contributed by atoms with Crippen molar-refractivity contribution in [3.8, 4) is 5.75 Å². The lowest BCUT2D eigenvalue weighted by Gasteiger charge is -2.16. The third kappa shape index (κ3) is 4.79. The minimum atomic E-state index is -1.97. The van der Waals surface area contributed by atoms with E-state index in [0.29, 0.717) is 16.2 Å². The molecular weight excluding hydrogens is 333 g/mol. The van der Waals surface area contributed by atoms with Gasteiger partial charge in [-0.2, -0.15) is 0 Å². The number of nitrogens with zero attached hydrogens (tertiary/aromatic N) is 1. The zero-order chi connectivity index (χ0) is 17.5. The summed E-state index contributed by atoms with van der Waals surface area (Å²) < 4.78 is 19.7. The second-order valence-electron chi connectivity index (χ2n) is 5.03. The first kappa shape index (κ1) is 17.9. The molecule has 2 rings (SSSR count). The molecule has 0 bridgehead atoms. The topological polar surface area (TPSA) is 69.4 Å². The summed E-state index contributed by atoms with van der Waals surface area (Å²) in [5.74, 6) is -0.487. The predicted octanol–water partition coefficient (Wildman–Crippen LogP) is 3.71. The van der Waals surface area contributed by atoms with Gasteiger partial charge in [0.2, 0.25) is 11.7 Å². The van der Waals surface area contributed by atoms with Gasteiger partial charge in [-0.05, 0) is 41.6 Å². The molecule has 126 valence electrons. The number of benzene rings is 2. The second-order valence-corrected chi connectivity index (χ2v) is 6.11. The number of carbonyl (C=O) groups excluding carboxylic acids is 1. The molecular formula is C17H16FNO4S. The molecule has 7 heteroatoms. The predicted molar refractivity (Wildman–Crippen MR) is 89.8 cm³/mol. The number of hydrogen-bond acceptors (Lipinski definition) is 5. The Bertz CT molecular complexity index is 693. The van der Waals surface area contributed by atoms with Crippen molar-refractivity contribution in [2.24, 2.45) is 0 Å². The van der Waals surface area contributed by atoms with Gasteiger partial charge in [-0.3, -0.25) is 14.9 Å². The van der Waals surface area contributed by atoms with E-state index in [1.54, 1.807) is 54.6 Å². The van der Waals surface area contributed by atoms with Crippen molar-refractivity contribution < 1.29 is 18.8 Å². The van der Waals surface area contributed by atoms with Crippen LogP contribution in [0.15, 0.2) is 59.5 Å². The highest BCUT2D eigenvalue weighted by Gasteiger charge is 2.33. The maximum Gasteiger partial charge on any atom is 0.228 e. The van der Waals surface area contributed by atoms with Crippen molar-refractivity contribution >= 4 is 16.9 Å². The van der Waals surface area contributed by atoms with Crippen LogP contribution in [0.5, 0.6) is 5.75 Å². The molecule has 0 amide bonds. The SMILES string of the molecule is COc1ccc(SC(=O)C(F)C(C[N+](=O)[O-])c2ccccc2)cc1. The van der Waals surface area contributed by atoms with Gasteiger partial charge < -0.3 is 4.74 Å². The maximum absolute atomic E-state index is 14.6. The molecule has 24 heavy (non-hydrogen) atoms. The summed E-state index contributed by atoms with van der Waals surface area (Å²) in [7, 11) is 1.52. The molecule has 0 heterocycles. The third-order valence-electron chi connectivity index (χ3n) is 3.43. The van der Waals surface area contributed by atoms with E-state index in [2.05, 4.69) is 0 Å². The molecule has 0 aliphatic rings. The average molecular weight is 349 g/mol. The normalized spacial score (nSPS) is 13.1. The van der Waals surface area contributed by atoms with Crippen LogP contribution >= 0.6 is 11.8 Å². The van der Waals surface area contributed by atoms with Crippen molar-refractivity contribution in [1.82, 2.24) is 0 Å². The molecule has 0 N–H and O–H groups in total. The Morgan fingerprint density at radius 2 is 1.83 bits per heavy atom. The largest absolute Gasteiger partial charge is 0.497 e. The van der Waals surface area contributed by atoms with Crippen LogP contribution in [-0.4, -0.2) is 29.9 Å². The van der Waals surface area contributed by atoms with Crippen molar-refractivity contribution in [3.05, 3.63) is 70.3 Å². The Balaban J connectivity index is 2.13. The third-order valence-corrected chi connectivity index (χ3v) is 4.36. The first-order chi connectivity index (χ1) is 11.5. The molecule has 0 aromatic heterocycles. The van der Waals surface area contributed by atoms with Crippen LogP contribution in [0.2, 0.25) is 0 Å². The average Bonchev–Trinajstić information content (AvgIpc) is 2.60. The lowest BCUT2D eigenvalue weighted by atomic mass is 9.95. The summed E-state index contributed by atoms with van der Waals surface area (Å²) in [5, 5.41) is 10.1. The smallest absolute Gasteiger partial charge is 0.228 e. The number of halogens is 1. The van der Waals surface area contributed by atoms with Gasteiger partial charge in [-0.1, -0.05) is 30.3 Å². The van der Waals surface area contributed by atoms with Gasteiger partial charge in [-0.25, -0.2) is 4.39 Å². The maximum atomic E-state index is 14.6. The van der Waals surface area contributed by atoms with Gasteiger partial charge in [0.05, 0.1) is 13.0 Å². The Hall–Kier alpha value is -2.41. The minimum Gasteiger partial charge on any atom is -0.497 e. The molecule has 0 spiro atoms. The number of thioether (sulfide) groups is 1. The second kappa shape index (κ2) is 8.44. The number of hydrogen-bond donors (Lipinski definition) is 0. The molecule has 0 radical (unpaired) electrons. The van der Waals surface area contributed by atoms with E-state index in [-0.39, 0.29) is 0 Å². The van der Waals surface area contributed by atoms with E-state index in [1.165, 1.54) is 7.11 Å². The summed E-state index contributed by atoms with van der Waals surface area (Å²) >= 11 is 0.729. The van der Waals surface area contributed by atoms with Crippen LogP contribution in [0.1, 0.15) is 11.5 Å². The van der Waals surface area contributed by atoms with Crippen molar-refractivity contribution in [3.63, 3.8) is 0 Å². The van der Waals surface area contributed by atoms with Crippen LogP contribution < -0.4 is 4.74 Å². The van der Waals surface area contributed by atoms with Crippen LogP contribution in [0.3, 0.4) is 0 Å². The van der Waals surface area contributed by atoms with Crippen LogP contribution in [-0.2, 0) is 4.79 Å². The zero-order valence-corrected chi connectivity index (χ0v) is 13.7. The molecule has 2 atom stereocenters. The fourth-order valence-electron chi connectivity index (χ4n) is 2.21. The van der Waals surface area contributed by atoms with Crippen molar-refractivity contribution in [1.29, 1.82) is 0 Å². The van der Waals surface area contributed by atoms with E-state index in [0.717, 1.165) is 11.8 Å². The molecule has 0 aliphatic heterocycles. The number of carbonyl (C=O) groups is 1. The Morgan fingerprint density at radius 1 is 1.21 bits per heavy atom. The van der Waals surface area contributed by atoms with Gasteiger partial charge >= 0.3 is 0 Å². The minimum absolute atomic E-state index is 0.436. The van der Waals surface area contributed by atoms with Gasteiger partial charge in [0.1, 0.15) is 5.75 Å². The number of nitro groups is 1. The van der Waals surface area contributed by atoms with E-state index in [4.69, 9.17) is 4.74 Å².